The number of benzene rings is 2. The zero-order valence-electron chi connectivity index (χ0n) is 29.5. The molecule has 4 aliphatic rings. The highest BCUT2D eigenvalue weighted by atomic mass is 35.5. The number of fused-ring (bicyclic) bond motifs is 1. The molecule has 2 aromatic heterocycles. The lowest BCUT2D eigenvalue weighted by Crippen LogP contribution is -2.67. The number of rotatable bonds is 8. The summed E-state index contributed by atoms with van der Waals surface area (Å²) in [6.45, 7) is 6.56. The Hall–Kier alpha value is -4.65. The number of aromatic nitrogens is 3. The van der Waals surface area contributed by atoms with Crippen molar-refractivity contribution in [1.29, 1.82) is 0 Å². The Morgan fingerprint density at radius 2 is 1.65 bits per heavy atom. The maximum absolute atomic E-state index is 16.6. The molecule has 2 amide bonds. The molecule has 270 valence electrons. The number of hydrogen-bond donors (Lipinski definition) is 1. The summed E-state index contributed by atoms with van der Waals surface area (Å²) < 4.78 is 28.1. The van der Waals surface area contributed by atoms with Gasteiger partial charge in [0, 0.05) is 93.0 Å². The van der Waals surface area contributed by atoms with Crippen LogP contribution in [0.2, 0.25) is 5.02 Å². The fraction of sp³-hybridized carbons (Fsp3) is 0.410. The number of amides is 2. The number of carbonyl (C=O) groups excluding carboxylic acids is 2. The van der Waals surface area contributed by atoms with E-state index in [0.29, 0.717) is 82.2 Å². The van der Waals surface area contributed by atoms with E-state index < -0.39 is 5.82 Å². The summed E-state index contributed by atoms with van der Waals surface area (Å²) in [6, 6.07) is 12.8. The van der Waals surface area contributed by atoms with Gasteiger partial charge in [-0.3, -0.25) is 24.4 Å². The second-order valence-electron chi connectivity index (χ2n) is 14.2. The minimum atomic E-state index is -0.434. The predicted molar refractivity (Wildman–Crippen MR) is 194 cm³/mol. The van der Waals surface area contributed by atoms with E-state index in [0.717, 1.165) is 56.6 Å². The maximum Gasteiger partial charge on any atom is 0.237 e. The van der Waals surface area contributed by atoms with Gasteiger partial charge in [-0.1, -0.05) is 41.9 Å². The van der Waals surface area contributed by atoms with Crippen molar-refractivity contribution < 1.29 is 23.5 Å². The molecular weight excluding hydrogens is 685 g/mol. The van der Waals surface area contributed by atoms with Crippen molar-refractivity contribution in [2.75, 3.05) is 53.5 Å². The second kappa shape index (κ2) is 13.7. The molecule has 2 aromatic carbocycles. The van der Waals surface area contributed by atoms with Crippen LogP contribution in [0.3, 0.4) is 0 Å². The van der Waals surface area contributed by atoms with Crippen LogP contribution in [-0.2, 0) is 22.6 Å². The van der Waals surface area contributed by atoms with E-state index in [1.54, 1.807) is 45.5 Å². The molecule has 0 saturated carbocycles. The summed E-state index contributed by atoms with van der Waals surface area (Å²) >= 11 is 7.04. The number of piperazine rings is 1. The van der Waals surface area contributed by atoms with Crippen LogP contribution in [0.15, 0.2) is 48.7 Å². The van der Waals surface area contributed by atoms with Crippen LogP contribution < -0.4 is 14.8 Å². The number of nitrogens with zero attached hydrogens (tertiary/aromatic N) is 6. The number of ether oxygens (including phenoxy) is 2. The lowest BCUT2D eigenvalue weighted by atomic mass is 9.86. The molecule has 3 saturated heterocycles. The molecule has 3 aliphatic heterocycles. The normalized spacial score (nSPS) is 19.8. The monoisotopic (exact) mass is 725 g/mol. The molecule has 1 atom stereocenters. The van der Waals surface area contributed by atoms with Crippen molar-refractivity contribution in [3.8, 4) is 45.4 Å². The van der Waals surface area contributed by atoms with Crippen LogP contribution in [0.5, 0.6) is 11.8 Å². The number of likely N-dealkylation sites (tertiary alicyclic amines) is 1. The molecule has 0 unspecified atom stereocenters. The average molecular weight is 726 g/mol. The summed E-state index contributed by atoms with van der Waals surface area (Å²) in [5.74, 6) is 0.671. The van der Waals surface area contributed by atoms with Gasteiger partial charge in [0.15, 0.2) is 0 Å². The van der Waals surface area contributed by atoms with Crippen LogP contribution >= 0.6 is 11.6 Å². The Morgan fingerprint density at radius 3 is 2.35 bits per heavy atom. The Morgan fingerprint density at radius 1 is 0.962 bits per heavy atom. The van der Waals surface area contributed by atoms with Gasteiger partial charge in [0.2, 0.25) is 23.6 Å². The first-order valence-corrected chi connectivity index (χ1v) is 18.1. The topological polar surface area (TPSA) is 113 Å². The minimum absolute atomic E-state index is 0.0829. The van der Waals surface area contributed by atoms with Crippen molar-refractivity contribution in [2.45, 2.75) is 50.7 Å². The predicted octanol–water partition coefficient (Wildman–Crippen LogP) is 5.30. The van der Waals surface area contributed by atoms with Crippen LogP contribution in [-0.4, -0.2) is 100 Å². The molecule has 5 heterocycles. The first-order valence-electron chi connectivity index (χ1n) is 17.8. The lowest BCUT2D eigenvalue weighted by Gasteiger charge is -2.50. The number of pyridine rings is 1. The molecule has 0 radical (unpaired) electrons. The average Bonchev–Trinajstić information content (AvgIpc) is 3.75. The number of methoxy groups -OCH3 is 2. The van der Waals surface area contributed by atoms with Gasteiger partial charge in [-0.05, 0) is 37.0 Å². The summed E-state index contributed by atoms with van der Waals surface area (Å²) in [7, 11) is 3.17. The number of aryl methyl sites for hydroxylation is 1. The van der Waals surface area contributed by atoms with E-state index in [4.69, 9.17) is 36.0 Å². The van der Waals surface area contributed by atoms with Crippen molar-refractivity contribution in [3.05, 3.63) is 76.3 Å². The molecule has 8 rings (SSSR count). The van der Waals surface area contributed by atoms with Gasteiger partial charge in [0.1, 0.15) is 11.5 Å². The van der Waals surface area contributed by atoms with Crippen LogP contribution in [0.4, 0.5) is 4.39 Å². The highest BCUT2D eigenvalue weighted by Crippen LogP contribution is 2.47. The Balaban J connectivity index is 1.05. The van der Waals surface area contributed by atoms with E-state index in [1.165, 1.54) is 0 Å². The van der Waals surface area contributed by atoms with Gasteiger partial charge in [-0.15, -0.1) is 0 Å². The van der Waals surface area contributed by atoms with Gasteiger partial charge in [-0.2, -0.15) is 0 Å². The molecule has 13 heteroatoms. The molecular formula is C39H41ClFN7O4. The summed E-state index contributed by atoms with van der Waals surface area (Å²) in [4.78, 5) is 44.4. The van der Waals surface area contributed by atoms with E-state index >= 15 is 4.39 Å². The number of nitrogens with one attached hydrogen (secondary N) is 1. The summed E-state index contributed by atoms with van der Waals surface area (Å²) in [5.41, 5.74) is 5.55. The Bertz CT molecular complexity index is 2060. The molecule has 1 spiro atoms. The summed E-state index contributed by atoms with van der Waals surface area (Å²) in [5, 5.41) is 3.51. The quantitative estimate of drug-likeness (QED) is 0.259. The molecule has 1 N–H and O–H groups in total. The highest BCUT2D eigenvalue weighted by Gasteiger charge is 2.51. The fourth-order valence-electron chi connectivity index (χ4n) is 8.31. The van der Waals surface area contributed by atoms with Crippen molar-refractivity contribution in [3.63, 3.8) is 0 Å². The molecule has 3 fully saturated rings. The minimum Gasteiger partial charge on any atom is -0.481 e. The second-order valence-corrected chi connectivity index (χ2v) is 14.6. The number of halogens is 2. The van der Waals surface area contributed by atoms with Gasteiger partial charge in [0.25, 0.3) is 0 Å². The zero-order chi connectivity index (χ0) is 36.1. The van der Waals surface area contributed by atoms with Crippen LogP contribution in [0, 0.1) is 5.82 Å². The lowest BCUT2D eigenvalue weighted by molar-refractivity contribution is -0.130. The largest absolute Gasteiger partial charge is 0.481 e. The first-order chi connectivity index (χ1) is 25.2. The third-order valence-corrected chi connectivity index (χ3v) is 11.5. The Kier molecular flexibility index (Phi) is 9.09. The standard InChI is InChI=1S/C39H41ClFN7O4/c1-23(49)47-16-14-46(15-17-47)20-31-37(51-2)44-30(19-42-31)27-8-4-6-25(35(27)40)26-7-5-9-28(36(26)41)29-18-24-10-11-32(34(24)38(43-29)52-3)48-21-39(22-48)13-12-33(50)45-39/h4-9,18-19,32H,10-17,20-22H2,1-3H3,(H,45,50)/t32-/m0/s1. The van der Waals surface area contributed by atoms with Crippen molar-refractivity contribution in [1.82, 2.24) is 35.0 Å². The number of carbonyl (C=O) groups is 2. The van der Waals surface area contributed by atoms with Gasteiger partial charge in [-0.25, -0.2) is 14.4 Å². The molecule has 11 nitrogen and oxygen atoms in total. The van der Waals surface area contributed by atoms with Gasteiger partial charge < -0.3 is 19.7 Å². The van der Waals surface area contributed by atoms with E-state index in [-0.39, 0.29) is 23.4 Å². The van der Waals surface area contributed by atoms with E-state index in [2.05, 4.69) is 15.1 Å². The Labute approximate surface area is 307 Å². The van der Waals surface area contributed by atoms with E-state index in [9.17, 15) is 9.59 Å². The first kappa shape index (κ1) is 34.4. The van der Waals surface area contributed by atoms with Crippen LogP contribution in [0.25, 0.3) is 33.6 Å². The SMILES string of the molecule is COc1nc(-c2cccc(-c3cccc(-c4cc5c(c(OC)n4)[C@@H](N4CC6(CCC(=O)N6)C4)CC5)c3F)c2Cl)cnc1CN1CCN(C(C)=O)CC1. The van der Waals surface area contributed by atoms with Crippen LogP contribution in [0.1, 0.15) is 49.0 Å². The number of hydrogen-bond acceptors (Lipinski definition) is 9. The molecule has 4 aromatic rings. The third-order valence-electron chi connectivity index (χ3n) is 11.0. The maximum atomic E-state index is 16.6. The van der Waals surface area contributed by atoms with Crippen molar-refractivity contribution in [2.24, 2.45) is 0 Å². The van der Waals surface area contributed by atoms with Gasteiger partial charge in [0.05, 0.1) is 42.4 Å². The third kappa shape index (κ3) is 6.16. The zero-order valence-corrected chi connectivity index (χ0v) is 30.3. The molecule has 1 aliphatic carbocycles. The van der Waals surface area contributed by atoms with Crippen molar-refractivity contribution >= 4 is 23.4 Å². The summed E-state index contributed by atoms with van der Waals surface area (Å²) in [6.07, 6.45) is 4.87. The smallest absolute Gasteiger partial charge is 0.237 e. The molecule has 0 bridgehead atoms. The van der Waals surface area contributed by atoms with Gasteiger partial charge >= 0.3 is 0 Å². The van der Waals surface area contributed by atoms with E-state index in [1.807, 2.05) is 29.2 Å². The fourth-order valence-corrected chi connectivity index (χ4v) is 8.63. The molecule has 52 heavy (non-hydrogen) atoms. The highest BCUT2D eigenvalue weighted by molar-refractivity contribution is 6.36.